The van der Waals surface area contributed by atoms with Gasteiger partial charge in [-0.2, -0.15) is 5.10 Å². The highest BCUT2D eigenvalue weighted by atomic mass is 16.5. The second kappa shape index (κ2) is 8.68. The number of methoxy groups -OCH3 is 1. The number of anilines is 1. The van der Waals surface area contributed by atoms with E-state index in [1.807, 2.05) is 0 Å². The van der Waals surface area contributed by atoms with Gasteiger partial charge in [-0.3, -0.25) is 4.79 Å². The number of ether oxygens (including phenoxy) is 1. The molecule has 1 atom stereocenters. The van der Waals surface area contributed by atoms with E-state index >= 15 is 0 Å². The van der Waals surface area contributed by atoms with Crippen molar-refractivity contribution in [3.8, 4) is 5.75 Å². The first-order valence-corrected chi connectivity index (χ1v) is 10.2. The molecule has 1 N–H and O–H groups in total. The van der Waals surface area contributed by atoms with Crippen molar-refractivity contribution >= 4 is 17.8 Å². The van der Waals surface area contributed by atoms with Crippen LogP contribution in [0.3, 0.4) is 0 Å². The van der Waals surface area contributed by atoms with Crippen molar-refractivity contribution in [3.63, 3.8) is 0 Å². The van der Waals surface area contributed by atoms with Gasteiger partial charge in [-0.05, 0) is 74.1 Å². The third kappa shape index (κ3) is 4.61. The summed E-state index contributed by atoms with van der Waals surface area (Å²) in [6, 6.07) is 13.5. The zero-order valence-corrected chi connectivity index (χ0v) is 18.0. The van der Waals surface area contributed by atoms with Crippen LogP contribution in [0.15, 0.2) is 47.6 Å². The highest BCUT2D eigenvalue weighted by molar-refractivity contribution is 5.95. The van der Waals surface area contributed by atoms with Crippen LogP contribution in [-0.4, -0.2) is 31.3 Å². The lowest BCUT2D eigenvalue weighted by atomic mass is 9.79. The minimum absolute atomic E-state index is 0.156. The Bertz CT molecular complexity index is 905. The summed E-state index contributed by atoms with van der Waals surface area (Å²) >= 11 is 0. The van der Waals surface area contributed by atoms with Gasteiger partial charge < -0.3 is 9.64 Å². The first-order chi connectivity index (χ1) is 13.9. The molecule has 1 unspecified atom stereocenters. The Morgan fingerprint density at radius 2 is 2.10 bits per heavy atom. The van der Waals surface area contributed by atoms with Crippen molar-refractivity contribution in [2.45, 2.75) is 52.0 Å². The Morgan fingerprint density at radius 1 is 1.31 bits per heavy atom. The minimum Gasteiger partial charge on any atom is -0.497 e. The smallest absolute Gasteiger partial charge is 0.271 e. The van der Waals surface area contributed by atoms with E-state index in [0.717, 1.165) is 24.9 Å². The highest BCUT2D eigenvalue weighted by Crippen LogP contribution is 2.43. The van der Waals surface area contributed by atoms with Crippen molar-refractivity contribution in [1.29, 1.82) is 0 Å². The van der Waals surface area contributed by atoms with E-state index in [2.05, 4.69) is 61.3 Å². The van der Waals surface area contributed by atoms with Gasteiger partial charge in [-0.25, -0.2) is 5.43 Å². The molecule has 1 heterocycles. The molecule has 0 bridgehead atoms. The summed E-state index contributed by atoms with van der Waals surface area (Å²) in [6.07, 6.45) is 3.94. The topological polar surface area (TPSA) is 53.9 Å². The van der Waals surface area contributed by atoms with Gasteiger partial charge in [-0.15, -0.1) is 0 Å². The number of carbonyl (C=O) groups is 1. The van der Waals surface area contributed by atoms with Crippen molar-refractivity contribution in [2.75, 3.05) is 18.6 Å². The van der Waals surface area contributed by atoms with Crippen LogP contribution < -0.4 is 15.1 Å². The molecule has 2 aromatic rings. The summed E-state index contributed by atoms with van der Waals surface area (Å²) in [5.41, 5.74) is 6.91. The van der Waals surface area contributed by atoms with Crippen LogP contribution in [0.4, 0.5) is 5.69 Å². The van der Waals surface area contributed by atoms with Gasteiger partial charge in [-0.1, -0.05) is 26.0 Å². The van der Waals surface area contributed by atoms with Gasteiger partial charge in [0.2, 0.25) is 0 Å². The zero-order chi connectivity index (χ0) is 21.0. The Balaban J connectivity index is 1.76. The van der Waals surface area contributed by atoms with E-state index < -0.39 is 0 Å². The van der Waals surface area contributed by atoms with E-state index in [1.54, 1.807) is 37.6 Å². The molecule has 0 saturated carbocycles. The number of carbonyl (C=O) groups excluding carboxylic acids is 1. The van der Waals surface area contributed by atoms with E-state index in [9.17, 15) is 4.79 Å². The maximum atomic E-state index is 12.3. The van der Waals surface area contributed by atoms with Crippen molar-refractivity contribution in [1.82, 2.24) is 5.43 Å². The molecular formula is C24H31N3O2. The van der Waals surface area contributed by atoms with Gasteiger partial charge in [0.1, 0.15) is 5.75 Å². The lowest BCUT2D eigenvalue weighted by Crippen LogP contribution is -2.48. The number of nitrogens with one attached hydrogen (secondary N) is 1. The van der Waals surface area contributed by atoms with Crippen LogP contribution in [0.1, 0.15) is 67.9 Å². The molecule has 0 fully saturated rings. The number of hydrazone groups is 1. The van der Waals surface area contributed by atoms with Crippen LogP contribution in [0.5, 0.6) is 5.75 Å². The Labute approximate surface area is 173 Å². The van der Waals surface area contributed by atoms with Gasteiger partial charge in [0, 0.05) is 23.3 Å². The molecule has 1 amide bonds. The number of rotatable bonds is 6. The van der Waals surface area contributed by atoms with Gasteiger partial charge in [0.15, 0.2) is 0 Å². The largest absolute Gasteiger partial charge is 0.497 e. The monoisotopic (exact) mass is 393 g/mol. The standard InChI is InChI=1S/C24H31N3O2/c1-6-12-27-22-11-10-18(13-21(22)17(2)15-24(27,3)4)16-25-26-23(28)19-8-7-9-20(14-19)29-5/h7-11,13-14,16-17H,6,12,15H2,1-5H3,(H,26,28)/b25-16-. The van der Waals surface area contributed by atoms with E-state index in [4.69, 9.17) is 4.74 Å². The number of benzene rings is 2. The van der Waals surface area contributed by atoms with Crippen LogP contribution in [0, 0.1) is 0 Å². The Morgan fingerprint density at radius 3 is 2.83 bits per heavy atom. The molecule has 1 aliphatic heterocycles. The van der Waals surface area contributed by atoms with E-state index in [-0.39, 0.29) is 11.4 Å². The summed E-state index contributed by atoms with van der Waals surface area (Å²) in [4.78, 5) is 14.8. The summed E-state index contributed by atoms with van der Waals surface area (Å²) in [5, 5.41) is 4.15. The number of fused-ring (bicyclic) bond motifs is 1. The molecular weight excluding hydrogens is 362 g/mol. The molecule has 0 aromatic heterocycles. The lowest BCUT2D eigenvalue weighted by molar-refractivity contribution is 0.0955. The predicted molar refractivity (Wildman–Crippen MR) is 119 cm³/mol. The Hall–Kier alpha value is -2.82. The summed E-state index contributed by atoms with van der Waals surface area (Å²) in [5.74, 6) is 0.861. The number of hydrogen-bond donors (Lipinski definition) is 1. The third-order valence-electron chi connectivity index (χ3n) is 5.57. The summed E-state index contributed by atoms with van der Waals surface area (Å²) in [6.45, 7) is 10.2. The molecule has 0 aliphatic carbocycles. The molecule has 1 aliphatic rings. The molecule has 3 rings (SSSR count). The molecule has 154 valence electrons. The van der Waals surface area contributed by atoms with Crippen LogP contribution in [-0.2, 0) is 0 Å². The fraction of sp³-hybridized carbons (Fsp3) is 0.417. The SMILES string of the molecule is CCCN1c2ccc(/C=N\NC(=O)c3cccc(OC)c3)cc2C(C)CC1(C)C. The van der Waals surface area contributed by atoms with Crippen molar-refractivity contribution in [2.24, 2.45) is 5.10 Å². The average Bonchev–Trinajstić information content (AvgIpc) is 2.71. The van der Waals surface area contributed by atoms with Crippen molar-refractivity contribution < 1.29 is 9.53 Å². The van der Waals surface area contributed by atoms with Crippen LogP contribution in [0.2, 0.25) is 0 Å². The summed E-state index contributed by atoms with van der Waals surface area (Å²) in [7, 11) is 1.58. The zero-order valence-electron chi connectivity index (χ0n) is 18.0. The predicted octanol–water partition coefficient (Wildman–Crippen LogP) is 4.96. The van der Waals surface area contributed by atoms with Crippen LogP contribution in [0.25, 0.3) is 0 Å². The number of hydrogen-bond acceptors (Lipinski definition) is 4. The molecule has 5 nitrogen and oxygen atoms in total. The second-order valence-electron chi connectivity index (χ2n) is 8.32. The second-order valence-corrected chi connectivity index (χ2v) is 8.32. The van der Waals surface area contributed by atoms with Crippen LogP contribution >= 0.6 is 0 Å². The first kappa shape index (κ1) is 20.9. The lowest BCUT2D eigenvalue weighted by Gasteiger charge is -2.47. The molecule has 2 aromatic carbocycles. The first-order valence-electron chi connectivity index (χ1n) is 10.2. The number of amides is 1. The summed E-state index contributed by atoms with van der Waals surface area (Å²) < 4.78 is 5.16. The maximum absolute atomic E-state index is 12.3. The fourth-order valence-corrected chi connectivity index (χ4v) is 4.23. The quantitative estimate of drug-likeness (QED) is 0.557. The third-order valence-corrected chi connectivity index (χ3v) is 5.57. The number of nitrogens with zero attached hydrogens (tertiary/aromatic N) is 2. The maximum Gasteiger partial charge on any atom is 0.271 e. The average molecular weight is 394 g/mol. The molecule has 5 heteroatoms. The van der Waals surface area contributed by atoms with E-state index in [0.29, 0.717) is 17.2 Å². The molecule has 0 radical (unpaired) electrons. The minimum atomic E-state index is -0.262. The van der Waals surface area contributed by atoms with Crippen molar-refractivity contribution in [3.05, 3.63) is 59.2 Å². The fourth-order valence-electron chi connectivity index (χ4n) is 4.23. The van der Waals surface area contributed by atoms with Gasteiger partial charge >= 0.3 is 0 Å². The highest BCUT2D eigenvalue weighted by Gasteiger charge is 2.35. The van der Waals surface area contributed by atoms with Gasteiger partial charge in [0.05, 0.1) is 13.3 Å². The van der Waals surface area contributed by atoms with Gasteiger partial charge in [0.25, 0.3) is 5.91 Å². The molecule has 0 saturated heterocycles. The van der Waals surface area contributed by atoms with E-state index in [1.165, 1.54) is 11.3 Å². The Kier molecular flexibility index (Phi) is 6.26. The normalized spacial score (nSPS) is 17.8. The molecule has 0 spiro atoms. The molecule has 29 heavy (non-hydrogen) atoms.